The Hall–Kier alpha value is -0.880. The van der Waals surface area contributed by atoms with Gasteiger partial charge in [0.15, 0.2) is 6.17 Å². The molecule has 0 amide bonds. The van der Waals surface area contributed by atoms with E-state index >= 15 is 0 Å². The molecule has 2 rings (SSSR count). The molecule has 0 radical (unpaired) electrons. The largest absolute Gasteiger partial charge is 0.400 e. The van der Waals surface area contributed by atoms with E-state index in [2.05, 4.69) is 9.47 Å². The standard InChI is InChI=1S/C19H29F6NO4/c20-16(4-3-15-5-11-27-12-6-15)18(22,23)29-9-1-2-10-30-19(24,25)17(21)26-7-13-28-14-8-26/h1-2,15-17H,3-14H2/b2-1-. The Morgan fingerprint density at radius 2 is 1.40 bits per heavy atom. The van der Waals surface area contributed by atoms with Gasteiger partial charge in [-0.2, -0.15) is 17.6 Å². The number of hydrogen-bond donors (Lipinski definition) is 0. The zero-order chi connectivity index (χ0) is 22.0. The first-order valence-electron chi connectivity index (χ1n) is 10.1. The minimum atomic E-state index is -4.07. The first kappa shape index (κ1) is 25.4. The molecule has 2 saturated heterocycles. The third kappa shape index (κ3) is 8.33. The summed E-state index contributed by atoms with van der Waals surface area (Å²) in [5, 5.41) is 0. The van der Waals surface area contributed by atoms with Crippen molar-refractivity contribution in [2.75, 3.05) is 52.7 Å². The SMILES string of the molecule is FC(CCC1CCOCC1)C(F)(F)OC/C=C\COC(F)(F)C(F)N1CCOCC1. The molecule has 0 bridgehead atoms. The Labute approximate surface area is 172 Å². The minimum Gasteiger partial charge on any atom is -0.381 e. The molecular formula is C19H29F6NO4. The van der Waals surface area contributed by atoms with Crippen LogP contribution in [0, 0.1) is 5.92 Å². The normalized spacial score (nSPS) is 22.5. The lowest BCUT2D eigenvalue weighted by atomic mass is 9.93. The first-order chi connectivity index (χ1) is 14.2. The minimum absolute atomic E-state index is 0.0117. The molecule has 0 aromatic rings. The molecule has 0 aromatic heterocycles. The average Bonchev–Trinajstić information content (AvgIpc) is 2.75. The van der Waals surface area contributed by atoms with Gasteiger partial charge in [0.2, 0.25) is 6.30 Å². The fourth-order valence-corrected chi connectivity index (χ4v) is 3.22. The maximum atomic E-state index is 13.9. The highest BCUT2D eigenvalue weighted by molar-refractivity contribution is 4.84. The van der Waals surface area contributed by atoms with E-state index in [-0.39, 0.29) is 38.6 Å². The number of nitrogens with zero attached hydrogens (tertiary/aromatic N) is 1. The van der Waals surface area contributed by atoms with Crippen LogP contribution in [-0.4, -0.2) is 82.3 Å². The van der Waals surface area contributed by atoms with Gasteiger partial charge in [0, 0.05) is 26.3 Å². The van der Waals surface area contributed by atoms with Crippen molar-refractivity contribution < 1.29 is 45.3 Å². The fourth-order valence-electron chi connectivity index (χ4n) is 3.22. The molecule has 0 aliphatic carbocycles. The zero-order valence-electron chi connectivity index (χ0n) is 16.7. The molecule has 5 nitrogen and oxygen atoms in total. The van der Waals surface area contributed by atoms with Gasteiger partial charge in [-0.3, -0.25) is 4.90 Å². The van der Waals surface area contributed by atoms with E-state index in [0.29, 0.717) is 19.6 Å². The number of morpholine rings is 1. The summed E-state index contributed by atoms with van der Waals surface area (Å²) in [5.41, 5.74) is 0. The molecule has 2 aliphatic heterocycles. The average molecular weight is 449 g/mol. The van der Waals surface area contributed by atoms with E-state index in [4.69, 9.17) is 9.47 Å². The Morgan fingerprint density at radius 1 is 0.867 bits per heavy atom. The van der Waals surface area contributed by atoms with Gasteiger partial charge in [-0.1, -0.05) is 12.2 Å². The molecule has 11 heteroatoms. The van der Waals surface area contributed by atoms with Gasteiger partial charge >= 0.3 is 12.2 Å². The van der Waals surface area contributed by atoms with Crippen molar-refractivity contribution in [3.63, 3.8) is 0 Å². The maximum Gasteiger partial charge on any atom is 0.400 e. The maximum absolute atomic E-state index is 13.9. The molecule has 0 saturated carbocycles. The number of hydrogen-bond acceptors (Lipinski definition) is 5. The Bertz CT molecular complexity index is 513. The van der Waals surface area contributed by atoms with Crippen LogP contribution < -0.4 is 0 Å². The van der Waals surface area contributed by atoms with E-state index in [1.54, 1.807) is 0 Å². The summed E-state index contributed by atoms with van der Waals surface area (Å²) < 4.78 is 101. The van der Waals surface area contributed by atoms with Gasteiger partial charge < -0.3 is 18.9 Å². The summed E-state index contributed by atoms with van der Waals surface area (Å²) in [5.74, 6) is 0.156. The van der Waals surface area contributed by atoms with Gasteiger partial charge in [-0.25, -0.2) is 8.78 Å². The number of ether oxygens (including phenoxy) is 4. The van der Waals surface area contributed by atoms with Crippen LogP contribution in [0.1, 0.15) is 25.7 Å². The highest BCUT2D eigenvalue weighted by Gasteiger charge is 2.45. The van der Waals surface area contributed by atoms with E-state index in [0.717, 1.165) is 29.9 Å². The number of rotatable bonds is 12. The third-order valence-electron chi connectivity index (χ3n) is 5.09. The van der Waals surface area contributed by atoms with Crippen LogP contribution in [0.5, 0.6) is 0 Å². The molecule has 2 unspecified atom stereocenters. The zero-order valence-corrected chi connectivity index (χ0v) is 16.7. The second kappa shape index (κ2) is 12.2. The van der Waals surface area contributed by atoms with Gasteiger partial charge in [0.25, 0.3) is 0 Å². The van der Waals surface area contributed by atoms with E-state index in [1.807, 2.05) is 0 Å². The van der Waals surface area contributed by atoms with Crippen LogP contribution in [-0.2, 0) is 18.9 Å². The predicted octanol–water partition coefficient (Wildman–Crippen LogP) is 3.93. The van der Waals surface area contributed by atoms with Crippen molar-refractivity contribution in [2.45, 2.75) is 50.4 Å². The van der Waals surface area contributed by atoms with Gasteiger partial charge in [-0.05, 0) is 31.6 Å². The summed E-state index contributed by atoms with van der Waals surface area (Å²) in [7, 11) is 0. The molecule has 176 valence electrons. The lowest BCUT2D eigenvalue weighted by molar-refractivity contribution is -0.300. The topological polar surface area (TPSA) is 40.2 Å². The fraction of sp³-hybridized carbons (Fsp3) is 0.895. The van der Waals surface area contributed by atoms with Crippen LogP contribution in [0.15, 0.2) is 12.2 Å². The lowest BCUT2D eigenvalue weighted by Crippen LogP contribution is -2.50. The predicted molar refractivity (Wildman–Crippen MR) is 95.9 cm³/mol. The summed E-state index contributed by atoms with van der Waals surface area (Å²) in [6, 6.07) is 0. The van der Waals surface area contributed by atoms with Crippen LogP contribution in [0.2, 0.25) is 0 Å². The van der Waals surface area contributed by atoms with Crippen molar-refractivity contribution in [2.24, 2.45) is 5.92 Å². The molecule has 2 heterocycles. The van der Waals surface area contributed by atoms with Crippen LogP contribution >= 0.6 is 0 Å². The second-order valence-electron chi connectivity index (χ2n) is 7.30. The molecular weight excluding hydrogens is 420 g/mol. The smallest absolute Gasteiger partial charge is 0.381 e. The molecule has 2 aliphatic rings. The number of halogens is 6. The summed E-state index contributed by atoms with van der Waals surface area (Å²) >= 11 is 0. The summed E-state index contributed by atoms with van der Waals surface area (Å²) in [6.07, 6.45) is -9.75. The molecule has 0 N–H and O–H groups in total. The Kier molecular flexibility index (Phi) is 10.3. The van der Waals surface area contributed by atoms with E-state index in [9.17, 15) is 26.3 Å². The first-order valence-corrected chi connectivity index (χ1v) is 10.1. The molecule has 2 atom stereocenters. The van der Waals surface area contributed by atoms with Crippen LogP contribution in [0.4, 0.5) is 26.3 Å². The highest BCUT2D eigenvalue weighted by Crippen LogP contribution is 2.30. The Balaban J connectivity index is 1.63. The van der Waals surface area contributed by atoms with E-state index in [1.165, 1.54) is 0 Å². The lowest BCUT2D eigenvalue weighted by Gasteiger charge is -2.33. The van der Waals surface area contributed by atoms with Crippen molar-refractivity contribution in [3.8, 4) is 0 Å². The van der Waals surface area contributed by atoms with Crippen LogP contribution in [0.3, 0.4) is 0 Å². The van der Waals surface area contributed by atoms with Crippen molar-refractivity contribution in [1.29, 1.82) is 0 Å². The van der Waals surface area contributed by atoms with E-state index < -0.39 is 37.9 Å². The molecule has 0 spiro atoms. The van der Waals surface area contributed by atoms with Crippen molar-refractivity contribution in [1.82, 2.24) is 4.90 Å². The van der Waals surface area contributed by atoms with Crippen molar-refractivity contribution in [3.05, 3.63) is 12.2 Å². The summed E-state index contributed by atoms with van der Waals surface area (Å²) in [4.78, 5) is 0.901. The second-order valence-corrected chi connectivity index (χ2v) is 7.30. The van der Waals surface area contributed by atoms with Crippen LogP contribution in [0.25, 0.3) is 0 Å². The Morgan fingerprint density at radius 3 is 2.00 bits per heavy atom. The molecule has 30 heavy (non-hydrogen) atoms. The van der Waals surface area contributed by atoms with Gasteiger partial charge in [0.05, 0.1) is 26.4 Å². The monoisotopic (exact) mass is 449 g/mol. The van der Waals surface area contributed by atoms with Gasteiger partial charge in [0.1, 0.15) is 0 Å². The summed E-state index contributed by atoms with van der Waals surface area (Å²) in [6.45, 7) is 0.0124. The highest BCUT2D eigenvalue weighted by atomic mass is 19.3. The quantitative estimate of drug-likeness (QED) is 0.257. The molecule has 0 aromatic carbocycles. The molecule has 2 fully saturated rings. The van der Waals surface area contributed by atoms with Gasteiger partial charge in [-0.15, -0.1) is 0 Å². The van der Waals surface area contributed by atoms with Crippen molar-refractivity contribution >= 4 is 0 Å². The number of alkyl halides is 6. The third-order valence-corrected chi connectivity index (χ3v) is 5.09.